The van der Waals surface area contributed by atoms with Gasteiger partial charge in [-0.05, 0) is 61.4 Å². The number of hydrogen-bond acceptors (Lipinski definition) is 4. The van der Waals surface area contributed by atoms with E-state index in [4.69, 9.17) is 9.47 Å². The molecule has 148 valence electrons. The van der Waals surface area contributed by atoms with Crippen LogP contribution in [0.2, 0.25) is 0 Å². The van der Waals surface area contributed by atoms with Crippen molar-refractivity contribution in [1.82, 2.24) is 4.90 Å². The molecule has 0 spiro atoms. The zero-order chi connectivity index (χ0) is 20.1. The van der Waals surface area contributed by atoms with Crippen LogP contribution in [0.4, 0.5) is 0 Å². The number of carbonyl (C=O) groups is 1. The van der Waals surface area contributed by atoms with Crippen LogP contribution in [-0.2, 0) is 6.54 Å². The second kappa shape index (κ2) is 6.82. The van der Waals surface area contributed by atoms with Crippen LogP contribution in [0.15, 0.2) is 36.4 Å². The molecule has 0 bridgehead atoms. The van der Waals surface area contributed by atoms with Crippen molar-refractivity contribution in [2.24, 2.45) is 5.92 Å². The van der Waals surface area contributed by atoms with Gasteiger partial charge in [0.15, 0.2) is 11.5 Å². The summed E-state index contributed by atoms with van der Waals surface area (Å²) in [5.74, 6) is 1.66. The molecule has 1 fully saturated rings. The van der Waals surface area contributed by atoms with E-state index in [9.17, 15) is 9.90 Å². The molecule has 1 unspecified atom stereocenters. The van der Waals surface area contributed by atoms with Crippen LogP contribution in [0.1, 0.15) is 42.6 Å². The number of aliphatic hydroxyl groups is 1. The summed E-state index contributed by atoms with van der Waals surface area (Å²) in [6.45, 7) is 4.16. The van der Waals surface area contributed by atoms with Gasteiger partial charge in [0.2, 0.25) is 0 Å². The first kappa shape index (κ1) is 18.8. The predicted molar refractivity (Wildman–Crippen MR) is 108 cm³/mol. The molecule has 1 amide bonds. The van der Waals surface area contributed by atoms with E-state index in [0.29, 0.717) is 24.0 Å². The molecular formula is C23H27NO4. The zero-order valence-corrected chi connectivity index (χ0v) is 16.9. The van der Waals surface area contributed by atoms with Crippen molar-refractivity contribution in [3.8, 4) is 22.6 Å². The van der Waals surface area contributed by atoms with Crippen LogP contribution in [0.25, 0.3) is 11.1 Å². The van der Waals surface area contributed by atoms with Crippen LogP contribution in [-0.4, -0.2) is 41.8 Å². The van der Waals surface area contributed by atoms with E-state index < -0.39 is 5.60 Å². The van der Waals surface area contributed by atoms with Gasteiger partial charge < -0.3 is 19.5 Å². The smallest absolute Gasteiger partial charge is 0.255 e. The lowest BCUT2D eigenvalue weighted by Gasteiger charge is -2.37. The van der Waals surface area contributed by atoms with E-state index in [1.54, 1.807) is 14.2 Å². The van der Waals surface area contributed by atoms with Gasteiger partial charge in [-0.25, -0.2) is 0 Å². The number of rotatable bonds is 6. The molecule has 0 saturated heterocycles. The number of ether oxygens (including phenoxy) is 2. The van der Waals surface area contributed by atoms with E-state index >= 15 is 0 Å². The van der Waals surface area contributed by atoms with Gasteiger partial charge in [0.1, 0.15) is 0 Å². The van der Waals surface area contributed by atoms with E-state index in [1.807, 2.05) is 55.1 Å². The number of amides is 1. The Bertz CT molecular complexity index is 911. The normalized spacial score (nSPS) is 17.5. The molecule has 1 aliphatic carbocycles. The quantitative estimate of drug-likeness (QED) is 0.825. The summed E-state index contributed by atoms with van der Waals surface area (Å²) in [6.07, 6.45) is 2.13. The molecule has 1 atom stereocenters. The standard InChI is InChI=1S/C23H27NO4/c1-23(2,26)21(14-8-9-14)24-13-16-6-5-7-17(20(16)22(24)25)15-10-11-18(27-3)19(12-15)28-4/h5-7,10-12,14,21,26H,8-9,13H2,1-4H3. The number of methoxy groups -OCH3 is 2. The highest BCUT2D eigenvalue weighted by molar-refractivity contribution is 6.05. The van der Waals surface area contributed by atoms with Crippen molar-refractivity contribution >= 4 is 5.91 Å². The van der Waals surface area contributed by atoms with Crippen LogP contribution in [0, 0.1) is 5.92 Å². The molecule has 28 heavy (non-hydrogen) atoms. The molecule has 1 aliphatic heterocycles. The van der Waals surface area contributed by atoms with Gasteiger partial charge in [-0.3, -0.25) is 4.79 Å². The monoisotopic (exact) mass is 381 g/mol. The number of fused-ring (bicyclic) bond motifs is 1. The lowest BCUT2D eigenvalue weighted by molar-refractivity contribution is -0.0224. The molecule has 5 nitrogen and oxygen atoms in total. The Hall–Kier alpha value is -2.53. The maximum Gasteiger partial charge on any atom is 0.255 e. The highest BCUT2D eigenvalue weighted by Gasteiger charge is 2.48. The minimum atomic E-state index is -0.928. The molecule has 2 aromatic carbocycles. The average molecular weight is 381 g/mol. The van der Waals surface area contributed by atoms with Crippen LogP contribution >= 0.6 is 0 Å². The number of carbonyl (C=O) groups excluding carboxylic acids is 1. The average Bonchev–Trinajstić information content (AvgIpc) is 3.44. The molecule has 1 heterocycles. The van der Waals surface area contributed by atoms with Crippen molar-refractivity contribution in [2.45, 2.75) is 44.9 Å². The summed E-state index contributed by atoms with van der Waals surface area (Å²) in [6, 6.07) is 11.5. The Kier molecular flexibility index (Phi) is 4.58. The predicted octanol–water partition coefficient (Wildman–Crippen LogP) is 3.88. The van der Waals surface area contributed by atoms with Gasteiger partial charge >= 0.3 is 0 Å². The van der Waals surface area contributed by atoms with Gasteiger partial charge in [0.05, 0.1) is 31.4 Å². The summed E-state index contributed by atoms with van der Waals surface area (Å²) in [5, 5.41) is 10.7. The largest absolute Gasteiger partial charge is 0.493 e. The Morgan fingerprint density at radius 3 is 2.43 bits per heavy atom. The Morgan fingerprint density at radius 1 is 1.11 bits per heavy atom. The van der Waals surface area contributed by atoms with Crippen molar-refractivity contribution < 1.29 is 19.4 Å². The topological polar surface area (TPSA) is 59.0 Å². The van der Waals surface area contributed by atoms with E-state index in [0.717, 1.165) is 35.1 Å². The summed E-state index contributed by atoms with van der Waals surface area (Å²) < 4.78 is 10.8. The third kappa shape index (κ3) is 3.14. The first-order valence-electron chi connectivity index (χ1n) is 9.72. The van der Waals surface area contributed by atoms with Crippen molar-refractivity contribution in [2.75, 3.05) is 14.2 Å². The van der Waals surface area contributed by atoms with Gasteiger partial charge in [-0.15, -0.1) is 0 Å². The lowest BCUT2D eigenvalue weighted by atomic mass is 9.92. The van der Waals surface area contributed by atoms with E-state index in [-0.39, 0.29) is 11.9 Å². The zero-order valence-electron chi connectivity index (χ0n) is 16.9. The first-order valence-corrected chi connectivity index (χ1v) is 9.72. The summed E-state index contributed by atoms with van der Waals surface area (Å²) in [4.78, 5) is 15.3. The highest BCUT2D eigenvalue weighted by Crippen LogP contribution is 2.44. The Labute approximate surface area is 165 Å². The molecule has 0 aromatic heterocycles. The lowest BCUT2D eigenvalue weighted by Crippen LogP contribution is -2.51. The van der Waals surface area contributed by atoms with E-state index in [2.05, 4.69) is 0 Å². The number of benzene rings is 2. The van der Waals surface area contributed by atoms with E-state index in [1.165, 1.54) is 0 Å². The maximum atomic E-state index is 13.4. The molecule has 1 N–H and O–H groups in total. The Balaban J connectivity index is 1.75. The number of nitrogens with zero attached hydrogens (tertiary/aromatic N) is 1. The molecule has 1 saturated carbocycles. The third-order valence-corrected chi connectivity index (χ3v) is 5.79. The summed E-state index contributed by atoms with van der Waals surface area (Å²) >= 11 is 0. The molecule has 2 aromatic rings. The minimum absolute atomic E-state index is 0.000546. The summed E-state index contributed by atoms with van der Waals surface area (Å²) in [7, 11) is 3.21. The fourth-order valence-corrected chi connectivity index (χ4v) is 4.48. The van der Waals surface area contributed by atoms with Crippen molar-refractivity contribution in [1.29, 1.82) is 0 Å². The second-order valence-electron chi connectivity index (χ2n) is 8.28. The minimum Gasteiger partial charge on any atom is -0.493 e. The highest BCUT2D eigenvalue weighted by atomic mass is 16.5. The number of hydrogen-bond donors (Lipinski definition) is 1. The maximum absolute atomic E-state index is 13.4. The van der Waals surface area contributed by atoms with Gasteiger partial charge in [0.25, 0.3) is 5.91 Å². The molecule has 0 radical (unpaired) electrons. The molecule has 2 aliphatic rings. The van der Waals surface area contributed by atoms with Crippen LogP contribution < -0.4 is 9.47 Å². The fraction of sp³-hybridized carbons (Fsp3) is 0.435. The second-order valence-corrected chi connectivity index (χ2v) is 8.28. The van der Waals surface area contributed by atoms with Gasteiger partial charge in [-0.1, -0.05) is 24.3 Å². The molecular weight excluding hydrogens is 354 g/mol. The van der Waals surface area contributed by atoms with Crippen LogP contribution in [0.5, 0.6) is 11.5 Å². The molecule has 4 rings (SSSR count). The van der Waals surface area contributed by atoms with Crippen LogP contribution in [0.3, 0.4) is 0 Å². The van der Waals surface area contributed by atoms with Gasteiger partial charge in [-0.2, -0.15) is 0 Å². The van der Waals surface area contributed by atoms with Crippen molar-refractivity contribution in [3.63, 3.8) is 0 Å². The first-order chi connectivity index (χ1) is 13.3. The summed E-state index contributed by atoms with van der Waals surface area (Å²) in [5.41, 5.74) is 2.60. The van der Waals surface area contributed by atoms with Crippen molar-refractivity contribution in [3.05, 3.63) is 47.5 Å². The fourth-order valence-electron chi connectivity index (χ4n) is 4.48. The molecule has 5 heteroatoms. The Morgan fingerprint density at radius 2 is 1.82 bits per heavy atom. The third-order valence-electron chi connectivity index (χ3n) is 5.79. The SMILES string of the molecule is COc1ccc(-c2cccc3c2C(=O)N(C(C2CC2)C(C)(C)O)C3)cc1OC. The van der Waals surface area contributed by atoms with Gasteiger partial charge in [0, 0.05) is 6.54 Å².